The first kappa shape index (κ1) is 25.4. The van der Waals surface area contributed by atoms with Crippen molar-refractivity contribution >= 4 is 28.4 Å². The van der Waals surface area contributed by atoms with Gasteiger partial charge in [0.2, 0.25) is 17.7 Å². The number of hydrogen-bond acceptors (Lipinski definition) is 6. The Kier molecular flexibility index (Phi) is 7.22. The Balaban J connectivity index is 2.21. The van der Waals surface area contributed by atoms with Crippen LogP contribution in [0.15, 0.2) is 41.5 Å². The highest BCUT2D eigenvalue weighted by molar-refractivity contribution is 6.13. The zero-order chi connectivity index (χ0) is 25.9. The first-order chi connectivity index (χ1) is 16.5. The van der Waals surface area contributed by atoms with Gasteiger partial charge in [0.1, 0.15) is 11.5 Å². The normalized spacial score (nSPS) is 12.0. The number of aromatic hydroxyl groups is 1. The number of nitrogens with two attached hydrogens (primary N) is 1. The number of hydrogen-bond donors (Lipinski definition) is 3. The van der Waals surface area contributed by atoms with Crippen LogP contribution in [0.5, 0.6) is 17.4 Å². The van der Waals surface area contributed by atoms with Gasteiger partial charge < -0.3 is 20.3 Å². The predicted octanol–water partition coefficient (Wildman–Crippen LogP) is 3.48. The molecule has 0 fully saturated rings. The summed E-state index contributed by atoms with van der Waals surface area (Å²) in [5.41, 5.74) is 6.89. The molecule has 2 aromatic carbocycles. The summed E-state index contributed by atoms with van der Waals surface area (Å²) in [5.74, 6) is -0.969. The van der Waals surface area contributed by atoms with E-state index >= 15 is 0 Å². The number of nitrogens with zero attached hydrogens (tertiary/aromatic N) is 2. The van der Waals surface area contributed by atoms with E-state index in [9.17, 15) is 27.9 Å². The molecule has 0 spiro atoms. The number of alkyl halides is 3. The van der Waals surface area contributed by atoms with Gasteiger partial charge in [-0.25, -0.2) is 5.43 Å². The van der Waals surface area contributed by atoms with Gasteiger partial charge in [-0.1, -0.05) is 6.07 Å². The van der Waals surface area contributed by atoms with Crippen molar-refractivity contribution in [1.82, 2.24) is 9.99 Å². The van der Waals surface area contributed by atoms with Gasteiger partial charge >= 0.3 is 6.18 Å². The molecule has 12 heteroatoms. The molecule has 0 aliphatic heterocycles. The third-order valence-electron chi connectivity index (χ3n) is 5.17. The maximum atomic E-state index is 13.5. The van der Waals surface area contributed by atoms with E-state index in [1.54, 1.807) is 6.07 Å². The van der Waals surface area contributed by atoms with Crippen LogP contribution in [0.25, 0.3) is 16.6 Å². The zero-order valence-electron chi connectivity index (χ0n) is 19.1. The van der Waals surface area contributed by atoms with E-state index in [4.69, 9.17) is 15.2 Å². The molecule has 0 saturated heterocycles. The lowest BCUT2D eigenvalue weighted by Gasteiger charge is -2.13. The first-order valence-corrected chi connectivity index (χ1v) is 10.3. The molecule has 3 rings (SSSR count). The standard InChI is InChI=1S/C23H23F3N4O5/c1-12(28-29-20(32)7-6-19(27)31)21-17-5-4-13(23(24,25)26)8-18(17)30(22(21)33)14-9-15(34-2)11-16(10-14)35-3/h4-5,8-11,33H,6-7H2,1-3H3,(H2,27,31)(H,29,32)/b28-12-. The van der Waals surface area contributed by atoms with Crippen LogP contribution in [0, 0.1) is 0 Å². The molecule has 0 unspecified atom stereocenters. The van der Waals surface area contributed by atoms with Crippen molar-refractivity contribution in [3.63, 3.8) is 0 Å². The van der Waals surface area contributed by atoms with Crippen LogP contribution < -0.4 is 20.6 Å². The summed E-state index contributed by atoms with van der Waals surface area (Å²) in [6, 6.07) is 7.62. The molecule has 0 atom stereocenters. The molecule has 2 amide bonds. The van der Waals surface area contributed by atoms with E-state index in [1.165, 1.54) is 43.9 Å². The molecule has 4 N–H and O–H groups in total. The molecule has 3 aromatic rings. The van der Waals surface area contributed by atoms with Crippen LogP contribution >= 0.6 is 0 Å². The van der Waals surface area contributed by atoms with Crippen molar-refractivity contribution in [3.8, 4) is 23.1 Å². The number of carbonyl (C=O) groups excluding carboxylic acids is 2. The molecule has 1 heterocycles. The molecular weight excluding hydrogens is 469 g/mol. The lowest BCUT2D eigenvalue weighted by Crippen LogP contribution is -2.21. The fraction of sp³-hybridized carbons (Fsp3) is 0.261. The highest BCUT2D eigenvalue weighted by atomic mass is 19.4. The molecule has 35 heavy (non-hydrogen) atoms. The number of nitrogens with one attached hydrogen (secondary N) is 1. The zero-order valence-corrected chi connectivity index (χ0v) is 19.1. The number of carbonyl (C=O) groups is 2. The number of primary amides is 1. The summed E-state index contributed by atoms with van der Waals surface area (Å²) in [6.07, 6.45) is -5.00. The van der Waals surface area contributed by atoms with Crippen LogP contribution in [0.4, 0.5) is 13.2 Å². The number of amides is 2. The van der Waals surface area contributed by atoms with Gasteiger partial charge in [-0.15, -0.1) is 0 Å². The van der Waals surface area contributed by atoms with Gasteiger partial charge in [-0.3, -0.25) is 14.2 Å². The van der Waals surface area contributed by atoms with Crippen LogP contribution in [0.3, 0.4) is 0 Å². The van der Waals surface area contributed by atoms with Crippen molar-refractivity contribution in [2.24, 2.45) is 10.8 Å². The second-order valence-electron chi connectivity index (χ2n) is 7.53. The largest absolute Gasteiger partial charge is 0.497 e. The van der Waals surface area contributed by atoms with Gasteiger partial charge in [0, 0.05) is 36.4 Å². The van der Waals surface area contributed by atoms with E-state index in [-0.39, 0.29) is 40.7 Å². The number of rotatable bonds is 8. The molecule has 0 aliphatic carbocycles. The summed E-state index contributed by atoms with van der Waals surface area (Å²) in [4.78, 5) is 22.8. The van der Waals surface area contributed by atoms with Crippen molar-refractivity contribution in [1.29, 1.82) is 0 Å². The lowest BCUT2D eigenvalue weighted by atomic mass is 10.1. The number of ether oxygens (including phenoxy) is 2. The molecular formula is C23H23F3N4O5. The highest BCUT2D eigenvalue weighted by Gasteiger charge is 2.32. The number of halogens is 3. The molecule has 186 valence electrons. The molecule has 9 nitrogen and oxygen atoms in total. The topological polar surface area (TPSA) is 128 Å². The Morgan fingerprint density at radius 3 is 2.26 bits per heavy atom. The summed E-state index contributed by atoms with van der Waals surface area (Å²) in [5, 5.41) is 15.3. The fourth-order valence-electron chi connectivity index (χ4n) is 3.49. The predicted molar refractivity (Wildman–Crippen MR) is 122 cm³/mol. The maximum Gasteiger partial charge on any atom is 0.416 e. The van der Waals surface area contributed by atoms with Gasteiger partial charge in [0.25, 0.3) is 0 Å². The molecule has 0 aliphatic rings. The highest BCUT2D eigenvalue weighted by Crippen LogP contribution is 2.40. The van der Waals surface area contributed by atoms with E-state index in [2.05, 4.69) is 10.5 Å². The van der Waals surface area contributed by atoms with Crippen LogP contribution in [0.2, 0.25) is 0 Å². The van der Waals surface area contributed by atoms with E-state index < -0.39 is 29.4 Å². The number of benzene rings is 2. The second kappa shape index (κ2) is 9.95. The van der Waals surface area contributed by atoms with E-state index in [0.29, 0.717) is 11.5 Å². The van der Waals surface area contributed by atoms with Gasteiger partial charge in [-0.2, -0.15) is 18.3 Å². The Bertz CT molecular complexity index is 1290. The number of methoxy groups -OCH3 is 2. The third-order valence-corrected chi connectivity index (χ3v) is 5.17. The smallest absolute Gasteiger partial charge is 0.416 e. The number of fused-ring (bicyclic) bond motifs is 1. The third kappa shape index (κ3) is 5.48. The van der Waals surface area contributed by atoms with Crippen molar-refractivity contribution in [2.75, 3.05) is 14.2 Å². The average Bonchev–Trinajstić information content (AvgIpc) is 3.11. The molecule has 1 aromatic heterocycles. The van der Waals surface area contributed by atoms with Gasteiger partial charge in [0.05, 0.1) is 42.3 Å². The summed E-state index contributed by atoms with van der Waals surface area (Å²) in [7, 11) is 2.83. The quantitative estimate of drug-likeness (QED) is 0.328. The minimum Gasteiger partial charge on any atom is -0.497 e. The minimum atomic E-state index is -4.62. The Morgan fingerprint density at radius 2 is 1.71 bits per heavy atom. The first-order valence-electron chi connectivity index (χ1n) is 10.3. The van der Waals surface area contributed by atoms with Gasteiger partial charge in [0.15, 0.2) is 0 Å². The Hall–Kier alpha value is -4.22. The molecule has 0 radical (unpaired) electrons. The Labute approximate surface area is 197 Å². The minimum absolute atomic E-state index is 0.0391. The SMILES string of the molecule is COc1cc(OC)cc(-n2c(O)c(/C(C)=N\NC(=O)CCC(N)=O)c3ccc(C(F)(F)F)cc32)c1. The van der Waals surface area contributed by atoms with Crippen LogP contribution in [0.1, 0.15) is 30.9 Å². The Morgan fingerprint density at radius 1 is 1.09 bits per heavy atom. The van der Waals surface area contributed by atoms with E-state index in [1.807, 2.05) is 0 Å². The molecule has 0 saturated carbocycles. The second-order valence-corrected chi connectivity index (χ2v) is 7.53. The number of aromatic nitrogens is 1. The summed E-state index contributed by atoms with van der Waals surface area (Å²) >= 11 is 0. The van der Waals surface area contributed by atoms with Crippen molar-refractivity contribution in [2.45, 2.75) is 25.9 Å². The summed E-state index contributed by atoms with van der Waals surface area (Å²) in [6.45, 7) is 1.47. The maximum absolute atomic E-state index is 13.5. The van der Waals surface area contributed by atoms with Crippen LogP contribution in [-0.4, -0.2) is 41.4 Å². The van der Waals surface area contributed by atoms with E-state index in [0.717, 1.165) is 12.1 Å². The molecule has 0 bridgehead atoms. The van der Waals surface area contributed by atoms with Crippen molar-refractivity contribution in [3.05, 3.63) is 47.5 Å². The summed E-state index contributed by atoms with van der Waals surface area (Å²) < 4.78 is 52.1. The number of hydrazone groups is 1. The van der Waals surface area contributed by atoms with Crippen molar-refractivity contribution < 1.29 is 37.3 Å². The average molecular weight is 492 g/mol. The lowest BCUT2D eigenvalue weighted by molar-refractivity contribution is -0.137. The monoisotopic (exact) mass is 492 g/mol. The van der Waals surface area contributed by atoms with Gasteiger partial charge in [-0.05, 0) is 19.1 Å². The van der Waals surface area contributed by atoms with Crippen LogP contribution in [-0.2, 0) is 15.8 Å². The fourth-order valence-corrected chi connectivity index (χ4v) is 3.49.